The maximum atomic E-state index is 14.2. The third kappa shape index (κ3) is 5.86. The van der Waals surface area contributed by atoms with Gasteiger partial charge in [-0.1, -0.05) is 54.1 Å². The Morgan fingerprint density at radius 3 is 2.57 bits per heavy atom. The molecule has 5 aromatic rings. The molecular weight excluding hydrogens is 552 g/mol. The van der Waals surface area contributed by atoms with E-state index in [2.05, 4.69) is 21.3 Å². The van der Waals surface area contributed by atoms with Crippen molar-refractivity contribution in [3.05, 3.63) is 103 Å². The summed E-state index contributed by atoms with van der Waals surface area (Å²) >= 11 is 0. The summed E-state index contributed by atoms with van der Waals surface area (Å²) in [5.41, 5.74) is 4.95. The summed E-state index contributed by atoms with van der Waals surface area (Å²) in [5, 5.41) is 3.96. The van der Waals surface area contributed by atoms with Crippen LogP contribution in [0.2, 0.25) is 0 Å². The van der Waals surface area contributed by atoms with Crippen molar-refractivity contribution < 1.29 is 14.3 Å². The molecule has 2 amide bonds. The van der Waals surface area contributed by atoms with Gasteiger partial charge in [0.05, 0.1) is 29.7 Å². The molecule has 2 aromatic heterocycles. The lowest BCUT2D eigenvalue weighted by Crippen LogP contribution is -2.60. The van der Waals surface area contributed by atoms with Gasteiger partial charge < -0.3 is 19.9 Å². The number of nitrogens with zero attached hydrogens (tertiary/aromatic N) is 5. The third-order valence-electron chi connectivity index (χ3n) is 7.88. The highest BCUT2D eigenvalue weighted by Crippen LogP contribution is 2.28. The first kappa shape index (κ1) is 28.9. The van der Waals surface area contributed by atoms with Crippen LogP contribution < -0.4 is 15.0 Å². The fraction of sp³-hybridized carbons (Fsp3) is 0.257. The number of hydrogen-bond donors (Lipinski definition) is 1. The molecule has 0 spiro atoms. The number of carbonyl (C=O) groups excluding carboxylic acids is 2. The molecule has 1 atom stereocenters. The van der Waals surface area contributed by atoms with Crippen molar-refractivity contribution in [3.8, 4) is 22.8 Å². The largest absolute Gasteiger partial charge is 0.494 e. The SMILES string of the molecule is CCNC(=O)[C@@H]1CN(c2cnc3ccccc3c2)CCN1C(=O)c1cn(-c2cccc(OCC)c2)c(-c2ccc(C)cc2)n1. The first-order valence-corrected chi connectivity index (χ1v) is 15.0. The lowest BCUT2D eigenvalue weighted by Gasteiger charge is -2.41. The number of para-hydroxylation sites is 1. The lowest BCUT2D eigenvalue weighted by atomic mass is 10.1. The summed E-state index contributed by atoms with van der Waals surface area (Å²) in [6.07, 6.45) is 3.59. The van der Waals surface area contributed by atoms with Gasteiger partial charge in [0.15, 0.2) is 0 Å². The molecule has 1 saturated heterocycles. The van der Waals surface area contributed by atoms with E-state index in [0.717, 1.165) is 39.2 Å². The number of hydrogen-bond acceptors (Lipinski definition) is 6. The zero-order chi connectivity index (χ0) is 30.6. The number of aryl methyl sites for hydroxylation is 1. The average molecular weight is 589 g/mol. The Hall–Kier alpha value is -5.18. The molecule has 44 heavy (non-hydrogen) atoms. The van der Waals surface area contributed by atoms with Gasteiger partial charge >= 0.3 is 0 Å². The van der Waals surface area contributed by atoms with Crippen LogP contribution >= 0.6 is 0 Å². The quantitative estimate of drug-likeness (QED) is 0.266. The Labute approximate surface area is 257 Å². The predicted octanol–water partition coefficient (Wildman–Crippen LogP) is 5.26. The summed E-state index contributed by atoms with van der Waals surface area (Å²) in [6.45, 7) is 8.14. The lowest BCUT2D eigenvalue weighted by molar-refractivity contribution is -0.125. The molecule has 0 radical (unpaired) electrons. The van der Waals surface area contributed by atoms with E-state index in [1.807, 2.05) is 104 Å². The van der Waals surface area contributed by atoms with Crippen molar-refractivity contribution in [2.45, 2.75) is 26.8 Å². The summed E-state index contributed by atoms with van der Waals surface area (Å²) in [5.74, 6) is 0.891. The third-order valence-corrected chi connectivity index (χ3v) is 7.88. The highest BCUT2D eigenvalue weighted by molar-refractivity contribution is 5.97. The molecule has 3 heterocycles. The number of imidazole rings is 1. The minimum Gasteiger partial charge on any atom is -0.494 e. The second-order valence-corrected chi connectivity index (χ2v) is 10.9. The van der Waals surface area contributed by atoms with Crippen molar-refractivity contribution in [1.29, 1.82) is 0 Å². The minimum absolute atomic E-state index is 0.193. The molecule has 3 aromatic carbocycles. The van der Waals surface area contributed by atoms with Crippen LogP contribution in [-0.4, -0.2) is 70.1 Å². The summed E-state index contributed by atoms with van der Waals surface area (Å²) in [6, 6.07) is 25.1. The van der Waals surface area contributed by atoms with Gasteiger partial charge in [-0.25, -0.2) is 4.98 Å². The van der Waals surface area contributed by atoms with Gasteiger partial charge in [0, 0.05) is 49.4 Å². The molecule has 9 nitrogen and oxygen atoms in total. The molecule has 0 aliphatic carbocycles. The number of piperazine rings is 1. The van der Waals surface area contributed by atoms with E-state index >= 15 is 0 Å². The van der Waals surface area contributed by atoms with Crippen LogP contribution in [0, 0.1) is 6.92 Å². The predicted molar refractivity (Wildman–Crippen MR) is 172 cm³/mol. The fourth-order valence-corrected chi connectivity index (χ4v) is 5.63. The van der Waals surface area contributed by atoms with Crippen LogP contribution in [0.15, 0.2) is 91.3 Å². The number of anilines is 1. The normalized spacial score (nSPS) is 14.9. The fourth-order valence-electron chi connectivity index (χ4n) is 5.63. The minimum atomic E-state index is -0.697. The van der Waals surface area contributed by atoms with E-state index in [0.29, 0.717) is 38.6 Å². The van der Waals surface area contributed by atoms with Crippen molar-refractivity contribution in [3.63, 3.8) is 0 Å². The number of aromatic nitrogens is 3. The van der Waals surface area contributed by atoms with Crippen molar-refractivity contribution in [2.75, 3.05) is 37.7 Å². The zero-order valence-corrected chi connectivity index (χ0v) is 25.2. The molecule has 1 N–H and O–H groups in total. The Morgan fingerprint density at radius 1 is 0.955 bits per heavy atom. The number of likely N-dealkylation sites (N-methyl/N-ethyl adjacent to an activating group) is 1. The van der Waals surface area contributed by atoms with Crippen molar-refractivity contribution in [2.24, 2.45) is 0 Å². The maximum Gasteiger partial charge on any atom is 0.274 e. The number of rotatable bonds is 8. The van der Waals surface area contributed by atoms with Crippen molar-refractivity contribution in [1.82, 2.24) is 24.8 Å². The van der Waals surface area contributed by atoms with E-state index in [9.17, 15) is 9.59 Å². The van der Waals surface area contributed by atoms with Crippen LogP contribution in [0.25, 0.3) is 28.0 Å². The number of amides is 2. The van der Waals surface area contributed by atoms with Crippen LogP contribution in [0.1, 0.15) is 29.9 Å². The van der Waals surface area contributed by atoms with Gasteiger partial charge in [-0.3, -0.25) is 19.1 Å². The van der Waals surface area contributed by atoms with Gasteiger partial charge in [0.1, 0.15) is 23.3 Å². The molecule has 6 rings (SSSR count). The van der Waals surface area contributed by atoms with Crippen LogP contribution in [-0.2, 0) is 4.79 Å². The number of nitrogens with one attached hydrogen (secondary N) is 1. The highest BCUT2D eigenvalue weighted by atomic mass is 16.5. The standard InChI is InChI=1S/C35H36N6O3/c1-4-36-34(42)32-23-39(28-19-26-9-6-7-12-30(26)37-21-28)17-18-40(32)35(43)31-22-41(27-10-8-11-29(20-27)44-5-2)33(38-31)25-15-13-24(3)14-16-25/h6-16,19-22,32H,4-5,17-18,23H2,1-3H3,(H,36,42)/t32-/m0/s1. The Kier molecular flexibility index (Phi) is 8.27. The molecule has 0 bridgehead atoms. The van der Waals surface area contributed by atoms with Gasteiger partial charge in [-0.05, 0) is 45.0 Å². The Balaban J connectivity index is 1.34. The summed E-state index contributed by atoms with van der Waals surface area (Å²) in [7, 11) is 0. The van der Waals surface area contributed by atoms with E-state index in [4.69, 9.17) is 9.72 Å². The van der Waals surface area contributed by atoms with Crippen LogP contribution in [0.4, 0.5) is 5.69 Å². The zero-order valence-electron chi connectivity index (χ0n) is 25.2. The second-order valence-electron chi connectivity index (χ2n) is 10.9. The molecule has 1 fully saturated rings. The number of fused-ring (bicyclic) bond motifs is 1. The first-order chi connectivity index (χ1) is 21.4. The average Bonchev–Trinajstić information content (AvgIpc) is 3.50. The first-order valence-electron chi connectivity index (χ1n) is 15.0. The van der Waals surface area contributed by atoms with Gasteiger partial charge in [-0.15, -0.1) is 0 Å². The molecule has 0 saturated carbocycles. The number of carbonyl (C=O) groups is 2. The van der Waals surface area contributed by atoms with E-state index in [1.165, 1.54) is 0 Å². The van der Waals surface area contributed by atoms with E-state index < -0.39 is 6.04 Å². The van der Waals surface area contributed by atoms with Gasteiger partial charge in [0.25, 0.3) is 5.91 Å². The molecular formula is C35H36N6O3. The van der Waals surface area contributed by atoms with Gasteiger partial charge in [0.2, 0.25) is 5.91 Å². The summed E-state index contributed by atoms with van der Waals surface area (Å²) in [4.78, 5) is 40.8. The topological polar surface area (TPSA) is 92.6 Å². The van der Waals surface area contributed by atoms with E-state index in [1.54, 1.807) is 11.1 Å². The highest BCUT2D eigenvalue weighted by Gasteiger charge is 2.37. The van der Waals surface area contributed by atoms with Gasteiger partial charge in [-0.2, -0.15) is 0 Å². The Morgan fingerprint density at radius 2 is 1.77 bits per heavy atom. The Bertz CT molecular complexity index is 1800. The van der Waals surface area contributed by atoms with Crippen molar-refractivity contribution >= 4 is 28.4 Å². The molecule has 0 unspecified atom stereocenters. The summed E-state index contributed by atoms with van der Waals surface area (Å²) < 4.78 is 7.67. The number of ether oxygens (including phenoxy) is 1. The number of benzene rings is 3. The smallest absolute Gasteiger partial charge is 0.274 e. The molecule has 224 valence electrons. The number of pyridine rings is 1. The van der Waals surface area contributed by atoms with Crippen LogP contribution in [0.3, 0.4) is 0 Å². The van der Waals surface area contributed by atoms with Crippen LogP contribution in [0.5, 0.6) is 5.75 Å². The second kappa shape index (κ2) is 12.6. The molecule has 9 heteroatoms. The maximum absolute atomic E-state index is 14.2. The molecule has 1 aliphatic rings. The monoisotopic (exact) mass is 588 g/mol. The van der Waals surface area contributed by atoms with E-state index in [-0.39, 0.29) is 17.5 Å². The molecule has 1 aliphatic heterocycles.